The van der Waals surface area contributed by atoms with Gasteiger partial charge in [-0.1, -0.05) is 42.5 Å². The number of para-hydroxylation sites is 1. The SMILES string of the molecule is Cc1ccccc1Cn1cc(CCCC(=O)NCCN2CCOCC2)c2ccccc21. The molecule has 0 spiro atoms. The molecule has 3 aromatic rings. The Balaban J connectivity index is 1.31. The molecule has 1 saturated heterocycles. The summed E-state index contributed by atoms with van der Waals surface area (Å²) in [5.74, 6) is 0.150. The number of amides is 1. The largest absolute Gasteiger partial charge is 0.379 e. The molecule has 5 nitrogen and oxygen atoms in total. The molecule has 0 unspecified atom stereocenters. The summed E-state index contributed by atoms with van der Waals surface area (Å²) in [5.41, 5.74) is 5.24. The third-order valence-corrected chi connectivity index (χ3v) is 6.18. The molecule has 2 heterocycles. The fourth-order valence-electron chi connectivity index (χ4n) is 4.33. The van der Waals surface area contributed by atoms with Crippen LogP contribution < -0.4 is 5.32 Å². The Kier molecular flexibility index (Phi) is 7.39. The number of nitrogens with one attached hydrogen (secondary N) is 1. The first-order valence-electron chi connectivity index (χ1n) is 11.4. The molecule has 0 atom stereocenters. The summed E-state index contributed by atoms with van der Waals surface area (Å²) in [6.45, 7) is 8.17. The van der Waals surface area contributed by atoms with Gasteiger partial charge in [-0.15, -0.1) is 0 Å². The minimum Gasteiger partial charge on any atom is -0.379 e. The lowest BCUT2D eigenvalue weighted by atomic mass is 10.1. The van der Waals surface area contributed by atoms with Gasteiger partial charge in [-0.25, -0.2) is 0 Å². The summed E-state index contributed by atoms with van der Waals surface area (Å²) in [6, 6.07) is 17.1. The van der Waals surface area contributed by atoms with Crippen molar-refractivity contribution in [1.29, 1.82) is 0 Å². The second kappa shape index (κ2) is 10.6. The van der Waals surface area contributed by atoms with Crippen LogP contribution in [0.5, 0.6) is 0 Å². The van der Waals surface area contributed by atoms with Crippen LogP contribution in [0.4, 0.5) is 0 Å². The van der Waals surface area contributed by atoms with Gasteiger partial charge in [0.15, 0.2) is 0 Å². The Bertz CT molecular complexity index is 1000. The van der Waals surface area contributed by atoms with Crippen molar-refractivity contribution in [3.8, 4) is 0 Å². The maximum Gasteiger partial charge on any atom is 0.220 e. The first-order valence-corrected chi connectivity index (χ1v) is 11.4. The van der Waals surface area contributed by atoms with Crippen molar-refractivity contribution in [3.05, 3.63) is 71.4 Å². The van der Waals surface area contributed by atoms with Crippen molar-refractivity contribution < 1.29 is 9.53 Å². The van der Waals surface area contributed by atoms with Crippen molar-refractivity contribution in [2.75, 3.05) is 39.4 Å². The fourth-order valence-corrected chi connectivity index (χ4v) is 4.33. The average Bonchev–Trinajstić information content (AvgIpc) is 3.14. The number of ether oxygens (including phenoxy) is 1. The van der Waals surface area contributed by atoms with Crippen LogP contribution >= 0.6 is 0 Å². The highest BCUT2D eigenvalue weighted by molar-refractivity contribution is 5.84. The zero-order valence-electron chi connectivity index (χ0n) is 18.5. The van der Waals surface area contributed by atoms with E-state index in [1.807, 2.05) is 0 Å². The van der Waals surface area contributed by atoms with E-state index in [4.69, 9.17) is 4.74 Å². The van der Waals surface area contributed by atoms with E-state index in [0.29, 0.717) is 13.0 Å². The van der Waals surface area contributed by atoms with Gasteiger partial charge >= 0.3 is 0 Å². The Hall–Kier alpha value is -2.63. The quantitative estimate of drug-likeness (QED) is 0.574. The number of fused-ring (bicyclic) bond motifs is 1. The summed E-state index contributed by atoms with van der Waals surface area (Å²) in [5, 5.41) is 4.37. The zero-order valence-corrected chi connectivity index (χ0v) is 18.5. The van der Waals surface area contributed by atoms with E-state index < -0.39 is 0 Å². The van der Waals surface area contributed by atoms with Gasteiger partial charge in [-0.2, -0.15) is 0 Å². The molecule has 31 heavy (non-hydrogen) atoms. The lowest BCUT2D eigenvalue weighted by Gasteiger charge is -2.26. The molecule has 5 heteroatoms. The molecule has 164 valence electrons. The highest BCUT2D eigenvalue weighted by Gasteiger charge is 2.12. The van der Waals surface area contributed by atoms with Crippen LogP contribution in [0.2, 0.25) is 0 Å². The molecular formula is C26H33N3O2. The Morgan fingerprint density at radius 1 is 1.03 bits per heavy atom. The highest BCUT2D eigenvalue weighted by atomic mass is 16.5. The van der Waals surface area contributed by atoms with Crippen molar-refractivity contribution in [1.82, 2.24) is 14.8 Å². The van der Waals surface area contributed by atoms with E-state index >= 15 is 0 Å². The lowest BCUT2D eigenvalue weighted by molar-refractivity contribution is -0.121. The van der Waals surface area contributed by atoms with Gasteiger partial charge in [0.2, 0.25) is 5.91 Å². The maximum atomic E-state index is 12.3. The zero-order chi connectivity index (χ0) is 21.5. The molecule has 0 radical (unpaired) electrons. The third-order valence-electron chi connectivity index (χ3n) is 6.18. The van der Waals surface area contributed by atoms with Crippen LogP contribution in [0, 0.1) is 6.92 Å². The first kappa shape index (κ1) is 21.6. The number of carbonyl (C=O) groups excluding carboxylic acids is 1. The fraction of sp³-hybridized carbons (Fsp3) is 0.423. The second-order valence-electron chi connectivity index (χ2n) is 8.38. The molecule has 0 saturated carbocycles. The molecule has 0 bridgehead atoms. The number of nitrogens with zero attached hydrogens (tertiary/aromatic N) is 2. The molecule has 1 aromatic heterocycles. The molecule has 1 aliphatic heterocycles. The predicted molar refractivity (Wildman–Crippen MR) is 125 cm³/mol. The number of hydrogen-bond donors (Lipinski definition) is 1. The van der Waals surface area contributed by atoms with Crippen LogP contribution in [0.25, 0.3) is 10.9 Å². The van der Waals surface area contributed by atoms with Crippen LogP contribution in [-0.2, 0) is 22.5 Å². The molecule has 4 rings (SSSR count). The number of carbonyl (C=O) groups is 1. The number of aryl methyl sites for hydroxylation is 2. The summed E-state index contributed by atoms with van der Waals surface area (Å²) in [4.78, 5) is 14.6. The monoisotopic (exact) mass is 419 g/mol. The molecule has 1 aliphatic rings. The number of hydrogen-bond acceptors (Lipinski definition) is 3. The molecular weight excluding hydrogens is 386 g/mol. The van der Waals surface area contributed by atoms with Gasteiger partial charge in [-0.05, 0) is 42.5 Å². The van der Waals surface area contributed by atoms with E-state index in [0.717, 1.165) is 52.2 Å². The molecule has 1 N–H and O–H groups in total. The van der Waals surface area contributed by atoms with Gasteiger partial charge in [0.25, 0.3) is 0 Å². The van der Waals surface area contributed by atoms with E-state index in [2.05, 4.69) is 76.4 Å². The minimum absolute atomic E-state index is 0.150. The summed E-state index contributed by atoms with van der Waals surface area (Å²) >= 11 is 0. The van der Waals surface area contributed by atoms with Gasteiger partial charge in [-0.3, -0.25) is 9.69 Å². The van der Waals surface area contributed by atoms with Crippen LogP contribution in [0.15, 0.2) is 54.7 Å². The molecule has 0 aliphatic carbocycles. The van der Waals surface area contributed by atoms with E-state index in [1.54, 1.807) is 0 Å². The smallest absolute Gasteiger partial charge is 0.220 e. The standard InChI is InChI=1S/C26H33N3O2/c1-21-7-2-3-8-22(21)19-29-20-23(24-10-4-5-11-25(24)29)9-6-12-26(30)27-13-14-28-15-17-31-18-16-28/h2-5,7-8,10-11,20H,6,9,12-19H2,1H3,(H,27,30). The number of aromatic nitrogens is 1. The van der Waals surface area contributed by atoms with Crippen molar-refractivity contribution in [3.63, 3.8) is 0 Å². The van der Waals surface area contributed by atoms with E-state index in [9.17, 15) is 4.79 Å². The minimum atomic E-state index is 0.150. The van der Waals surface area contributed by atoms with Crippen LogP contribution in [0.3, 0.4) is 0 Å². The van der Waals surface area contributed by atoms with Gasteiger partial charge in [0, 0.05) is 56.2 Å². The first-order chi connectivity index (χ1) is 15.2. The maximum absolute atomic E-state index is 12.3. The lowest BCUT2D eigenvalue weighted by Crippen LogP contribution is -2.41. The molecule has 2 aromatic carbocycles. The number of morpholine rings is 1. The Morgan fingerprint density at radius 2 is 1.81 bits per heavy atom. The predicted octanol–water partition coefficient (Wildman–Crippen LogP) is 3.77. The number of benzene rings is 2. The average molecular weight is 420 g/mol. The van der Waals surface area contributed by atoms with Crippen LogP contribution in [0.1, 0.15) is 29.5 Å². The summed E-state index contributed by atoms with van der Waals surface area (Å²) in [7, 11) is 0. The van der Waals surface area contributed by atoms with Crippen LogP contribution in [-0.4, -0.2) is 54.8 Å². The normalized spacial score (nSPS) is 14.7. The topological polar surface area (TPSA) is 46.5 Å². The third kappa shape index (κ3) is 5.75. The summed E-state index contributed by atoms with van der Waals surface area (Å²) < 4.78 is 7.71. The highest BCUT2D eigenvalue weighted by Crippen LogP contribution is 2.24. The second-order valence-corrected chi connectivity index (χ2v) is 8.38. The molecule has 1 amide bonds. The van der Waals surface area contributed by atoms with Crippen molar-refractivity contribution in [2.24, 2.45) is 0 Å². The Labute approximate surface area is 185 Å². The van der Waals surface area contributed by atoms with Crippen molar-refractivity contribution in [2.45, 2.75) is 32.7 Å². The van der Waals surface area contributed by atoms with Gasteiger partial charge < -0.3 is 14.6 Å². The van der Waals surface area contributed by atoms with Crippen molar-refractivity contribution >= 4 is 16.8 Å². The van der Waals surface area contributed by atoms with Gasteiger partial charge in [0.05, 0.1) is 13.2 Å². The van der Waals surface area contributed by atoms with E-state index in [1.165, 1.54) is 27.6 Å². The Morgan fingerprint density at radius 3 is 2.65 bits per heavy atom. The van der Waals surface area contributed by atoms with Gasteiger partial charge in [0.1, 0.15) is 0 Å². The molecule has 1 fully saturated rings. The summed E-state index contributed by atoms with van der Waals surface area (Å²) in [6.07, 6.45) is 4.62. The van der Waals surface area contributed by atoms with E-state index in [-0.39, 0.29) is 5.91 Å². The number of rotatable bonds is 9.